The normalized spacial score (nSPS) is 22.4. The Morgan fingerprint density at radius 2 is 2.53 bits per heavy atom. The number of rotatable bonds is 3. The van der Waals surface area contributed by atoms with E-state index in [0.29, 0.717) is 5.75 Å². The SMILES string of the molecule is COC(=O)c1cn([C@H]2CS[C@@H](CO)O2)c(=O)nc1N. The number of hydrogen-bond acceptors (Lipinski definition) is 8. The maximum absolute atomic E-state index is 11.8. The number of methoxy groups -OCH3 is 1. The molecular weight excluding hydrogens is 274 g/mol. The lowest BCUT2D eigenvalue weighted by atomic mass is 10.3. The van der Waals surface area contributed by atoms with Crippen LogP contribution in [0.3, 0.4) is 0 Å². The van der Waals surface area contributed by atoms with Gasteiger partial charge < -0.3 is 20.3 Å². The lowest BCUT2D eigenvalue weighted by Gasteiger charge is -2.15. The summed E-state index contributed by atoms with van der Waals surface area (Å²) in [6, 6.07) is 0. The third-order valence-corrected chi connectivity index (χ3v) is 3.69. The van der Waals surface area contributed by atoms with E-state index in [2.05, 4.69) is 9.72 Å². The van der Waals surface area contributed by atoms with Gasteiger partial charge in [0.1, 0.15) is 23.0 Å². The van der Waals surface area contributed by atoms with E-state index in [1.165, 1.54) is 29.6 Å². The summed E-state index contributed by atoms with van der Waals surface area (Å²) in [5.74, 6) is -0.391. The molecular formula is C10H13N3O5S. The number of esters is 1. The number of nitrogens with zero attached hydrogens (tertiary/aromatic N) is 2. The third-order valence-electron chi connectivity index (χ3n) is 2.58. The second kappa shape index (κ2) is 5.59. The smallest absolute Gasteiger partial charge is 0.351 e. The van der Waals surface area contributed by atoms with Gasteiger partial charge in [-0.25, -0.2) is 9.59 Å². The van der Waals surface area contributed by atoms with E-state index in [1.807, 2.05) is 0 Å². The Balaban J connectivity index is 2.36. The van der Waals surface area contributed by atoms with Crippen molar-refractivity contribution in [3.63, 3.8) is 0 Å². The monoisotopic (exact) mass is 287 g/mol. The van der Waals surface area contributed by atoms with Crippen LogP contribution in [0.25, 0.3) is 0 Å². The Labute approximate surface area is 112 Å². The second-order valence-corrected chi connectivity index (χ2v) is 4.95. The minimum absolute atomic E-state index is 0.00292. The average Bonchev–Trinajstić information content (AvgIpc) is 2.86. The van der Waals surface area contributed by atoms with Gasteiger partial charge in [-0.05, 0) is 0 Å². The molecule has 2 atom stereocenters. The molecule has 0 bridgehead atoms. The first kappa shape index (κ1) is 13.8. The first-order chi connectivity index (χ1) is 9.06. The standard InChI is InChI=1S/C10H13N3O5S/c1-17-9(15)5-2-13(10(16)12-8(5)11)6-4-19-7(3-14)18-6/h2,6-7,14H,3-4H2,1H3,(H2,11,12,16)/t6-,7+/m1/s1. The zero-order valence-electron chi connectivity index (χ0n) is 10.1. The van der Waals surface area contributed by atoms with Crippen molar-refractivity contribution in [1.82, 2.24) is 9.55 Å². The van der Waals surface area contributed by atoms with Crippen molar-refractivity contribution in [2.45, 2.75) is 11.7 Å². The Morgan fingerprint density at radius 3 is 3.11 bits per heavy atom. The second-order valence-electron chi connectivity index (χ2n) is 3.76. The molecule has 0 radical (unpaired) electrons. The topological polar surface area (TPSA) is 117 Å². The van der Waals surface area contributed by atoms with Gasteiger partial charge in [-0.15, -0.1) is 11.8 Å². The Kier molecular flexibility index (Phi) is 4.08. The van der Waals surface area contributed by atoms with Crippen LogP contribution in [0.15, 0.2) is 11.0 Å². The fraction of sp³-hybridized carbons (Fsp3) is 0.500. The molecule has 1 saturated heterocycles. The Bertz CT molecular complexity index is 546. The lowest BCUT2D eigenvalue weighted by molar-refractivity contribution is -0.00647. The number of aromatic nitrogens is 2. The number of carbonyl (C=O) groups is 1. The zero-order chi connectivity index (χ0) is 14.0. The summed E-state index contributed by atoms with van der Waals surface area (Å²) in [6.07, 6.45) is 0.674. The van der Waals surface area contributed by atoms with Gasteiger partial charge in [-0.3, -0.25) is 4.57 Å². The predicted molar refractivity (Wildman–Crippen MR) is 67.7 cm³/mol. The number of hydrogen-bond donors (Lipinski definition) is 2. The van der Waals surface area contributed by atoms with Crippen molar-refractivity contribution in [1.29, 1.82) is 0 Å². The highest BCUT2D eigenvalue weighted by atomic mass is 32.2. The number of ether oxygens (including phenoxy) is 2. The van der Waals surface area contributed by atoms with Gasteiger partial charge in [0, 0.05) is 11.9 Å². The minimum atomic E-state index is -0.678. The first-order valence-electron chi connectivity index (χ1n) is 5.41. The van der Waals surface area contributed by atoms with Crippen molar-refractivity contribution in [3.8, 4) is 0 Å². The van der Waals surface area contributed by atoms with Crippen molar-refractivity contribution < 1.29 is 19.4 Å². The van der Waals surface area contributed by atoms with Crippen LogP contribution in [-0.4, -0.2) is 45.5 Å². The summed E-state index contributed by atoms with van der Waals surface area (Å²) >= 11 is 1.37. The number of anilines is 1. The number of carbonyl (C=O) groups excluding carboxylic acids is 1. The molecule has 0 saturated carbocycles. The highest BCUT2D eigenvalue weighted by Gasteiger charge is 2.28. The molecule has 0 aromatic carbocycles. The molecule has 0 unspecified atom stereocenters. The third kappa shape index (κ3) is 2.72. The predicted octanol–water partition coefficient (Wildman–Crippen LogP) is -0.807. The molecule has 2 rings (SSSR count). The molecule has 1 aliphatic rings. The highest BCUT2D eigenvalue weighted by Crippen LogP contribution is 2.30. The van der Waals surface area contributed by atoms with E-state index in [9.17, 15) is 9.59 Å². The van der Waals surface area contributed by atoms with Crippen molar-refractivity contribution in [2.75, 3.05) is 25.2 Å². The van der Waals surface area contributed by atoms with Crippen LogP contribution in [0.5, 0.6) is 0 Å². The number of aliphatic hydroxyl groups excluding tert-OH is 1. The molecule has 3 N–H and O–H groups in total. The van der Waals surface area contributed by atoms with Crippen LogP contribution in [0.2, 0.25) is 0 Å². The van der Waals surface area contributed by atoms with Gasteiger partial charge in [0.2, 0.25) is 0 Å². The van der Waals surface area contributed by atoms with Crippen LogP contribution in [0.4, 0.5) is 5.82 Å². The van der Waals surface area contributed by atoms with E-state index in [4.69, 9.17) is 15.6 Å². The molecule has 19 heavy (non-hydrogen) atoms. The Morgan fingerprint density at radius 1 is 1.79 bits per heavy atom. The number of aliphatic hydroxyl groups is 1. The highest BCUT2D eigenvalue weighted by molar-refractivity contribution is 8.00. The maximum atomic E-state index is 11.8. The van der Waals surface area contributed by atoms with E-state index in [1.54, 1.807) is 0 Å². The van der Waals surface area contributed by atoms with E-state index < -0.39 is 23.3 Å². The van der Waals surface area contributed by atoms with Crippen molar-refractivity contribution >= 4 is 23.5 Å². The van der Waals surface area contributed by atoms with Crippen LogP contribution < -0.4 is 11.4 Å². The lowest BCUT2D eigenvalue weighted by Crippen LogP contribution is -2.31. The summed E-state index contributed by atoms with van der Waals surface area (Å²) in [7, 11) is 1.21. The van der Waals surface area contributed by atoms with Crippen LogP contribution in [0.1, 0.15) is 16.6 Å². The summed E-state index contributed by atoms with van der Waals surface area (Å²) < 4.78 is 11.2. The van der Waals surface area contributed by atoms with Crippen LogP contribution in [0, 0.1) is 0 Å². The van der Waals surface area contributed by atoms with Crippen LogP contribution in [-0.2, 0) is 9.47 Å². The molecule has 9 heteroatoms. The summed E-state index contributed by atoms with van der Waals surface area (Å²) in [6.45, 7) is -0.151. The quantitative estimate of drug-likeness (QED) is 0.693. The molecule has 104 valence electrons. The van der Waals surface area contributed by atoms with Gasteiger partial charge in [0.25, 0.3) is 0 Å². The van der Waals surface area contributed by atoms with Crippen molar-refractivity contribution in [3.05, 3.63) is 22.2 Å². The molecule has 8 nitrogen and oxygen atoms in total. The molecule has 2 heterocycles. The molecule has 0 amide bonds. The first-order valence-corrected chi connectivity index (χ1v) is 6.46. The van der Waals surface area contributed by atoms with Gasteiger partial charge >= 0.3 is 11.7 Å². The van der Waals surface area contributed by atoms with E-state index >= 15 is 0 Å². The Hall–Kier alpha value is -1.58. The summed E-state index contributed by atoms with van der Waals surface area (Å²) in [4.78, 5) is 26.8. The molecule has 0 aliphatic carbocycles. The summed E-state index contributed by atoms with van der Waals surface area (Å²) in [5.41, 5.74) is 4.50. The molecule has 1 aromatic rings. The molecule has 1 aromatic heterocycles. The zero-order valence-corrected chi connectivity index (χ0v) is 10.9. The molecule has 1 fully saturated rings. The van der Waals surface area contributed by atoms with Gasteiger partial charge in [0.05, 0.1) is 13.7 Å². The van der Waals surface area contributed by atoms with Gasteiger partial charge in [0.15, 0.2) is 0 Å². The molecule has 0 spiro atoms. The number of nitrogens with two attached hydrogens (primary N) is 1. The van der Waals surface area contributed by atoms with Gasteiger partial charge in [-0.2, -0.15) is 4.98 Å². The fourth-order valence-electron chi connectivity index (χ4n) is 1.64. The van der Waals surface area contributed by atoms with Crippen LogP contribution >= 0.6 is 11.8 Å². The van der Waals surface area contributed by atoms with Gasteiger partial charge in [-0.1, -0.05) is 0 Å². The van der Waals surface area contributed by atoms with E-state index in [0.717, 1.165) is 0 Å². The largest absolute Gasteiger partial charge is 0.465 e. The minimum Gasteiger partial charge on any atom is -0.465 e. The average molecular weight is 287 g/mol. The number of thioether (sulfide) groups is 1. The summed E-state index contributed by atoms with van der Waals surface area (Å²) in [5, 5.41) is 8.98. The van der Waals surface area contributed by atoms with Crippen molar-refractivity contribution in [2.24, 2.45) is 0 Å². The maximum Gasteiger partial charge on any atom is 0.351 e. The van der Waals surface area contributed by atoms with E-state index in [-0.39, 0.29) is 18.0 Å². The fourth-order valence-corrected chi connectivity index (χ4v) is 2.57. The number of nitrogen functional groups attached to an aromatic ring is 1. The molecule has 1 aliphatic heterocycles.